The summed E-state index contributed by atoms with van der Waals surface area (Å²) >= 11 is 0. The summed E-state index contributed by atoms with van der Waals surface area (Å²) in [6, 6.07) is 0. The van der Waals surface area contributed by atoms with Crippen molar-refractivity contribution in [3.63, 3.8) is 0 Å². The Morgan fingerprint density at radius 2 is 1.60 bits per heavy atom. The lowest BCUT2D eigenvalue weighted by molar-refractivity contribution is 0.540. The third kappa shape index (κ3) is 0.534. The molecule has 5 heteroatoms. The molecule has 1 heterocycles. The van der Waals surface area contributed by atoms with Gasteiger partial charge in [0.2, 0.25) is 0 Å². The van der Waals surface area contributed by atoms with E-state index in [-0.39, 0.29) is 0 Å². The van der Waals surface area contributed by atoms with Crippen LogP contribution in [0.2, 0.25) is 0 Å². The maximum Gasteiger partial charge on any atom is -0.0472 e. The average Bonchev–Trinajstić information content (AvgIpc) is 1.76. The zero-order valence-corrected chi connectivity index (χ0v) is 2.45. The predicted octanol–water partition coefficient (Wildman–Crippen LogP) is -2.46. The largest absolute Gasteiger partial charge is 0.163 e. The fraction of sp³-hybridized carbons (Fsp3) is 0. The van der Waals surface area contributed by atoms with Gasteiger partial charge in [0.15, 0.2) is 0 Å². The highest BCUT2D eigenvalue weighted by molar-refractivity contribution is 4.17. The van der Waals surface area contributed by atoms with Gasteiger partial charge in [-0.2, -0.15) is 11.1 Å². The molecule has 0 saturated carbocycles. The van der Waals surface area contributed by atoms with E-state index < -0.39 is 0 Å². The van der Waals surface area contributed by atoms with Crippen molar-refractivity contribution in [1.29, 1.82) is 0 Å². The van der Waals surface area contributed by atoms with E-state index in [0.717, 1.165) is 0 Å². The second-order valence-electron chi connectivity index (χ2n) is 0.585. The van der Waals surface area contributed by atoms with Crippen LogP contribution < -0.4 is 27.7 Å². The number of nitrogens with one attached hydrogen (secondary N) is 4. The summed E-state index contributed by atoms with van der Waals surface area (Å²) in [6.45, 7) is 0. The highest BCUT2D eigenvalue weighted by Crippen LogP contribution is 1.34. The summed E-state index contributed by atoms with van der Waals surface area (Å²) in [6.07, 6.45) is 0. The van der Waals surface area contributed by atoms with E-state index in [9.17, 15) is 0 Å². The van der Waals surface area contributed by atoms with Crippen LogP contribution in [0, 0.1) is 0 Å². The summed E-state index contributed by atoms with van der Waals surface area (Å²) in [4.78, 5) is 0. The van der Waals surface area contributed by atoms with Gasteiger partial charge in [-0.3, -0.25) is 0 Å². The van der Waals surface area contributed by atoms with Crippen molar-refractivity contribution in [3.8, 4) is 0 Å². The fourth-order valence-electron chi connectivity index (χ4n) is 0.140. The van der Waals surface area contributed by atoms with Crippen LogP contribution in [0.5, 0.6) is 0 Å². The molecule has 5 heavy (non-hydrogen) atoms. The summed E-state index contributed by atoms with van der Waals surface area (Å²) < 4.78 is 0. The molecular formula is H4N5. The molecule has 1 rings (SSSR count). The molecule has 0 atom stereocenters. The van der Waals surface area contributed by atoms with E-state index in [1.165, 1.54) is 0 Å². The maximum absolute atomic E-state index is 3.36. The molecular weight excluding hydrogens is 70.0 g/mol. The Kier molecular flexibility index (Phi) is 0.778. The summed E-state index contributed by atoms with van der Waals surface area (Å²) in [5.41, 5.74) is 13.0. The predicted molar refractivity (Wildman–Crippen MR) is 14.7 cm³/mol. The van der Waals surface area contributed by atoms with E-state index in [0.29, 0.717) is 0 Å². The molecule has 0 bridgehead atoms. The van der Waals surface area contributed by atoms with Crippen molar-refractivity contribution in [1.82, 2.24) is 27.7 Å². The van der Waals surface area contributed by atoms with Gasteiger partial charge in [0, 0.05) is 0 Å². The Balaban J connectivity index is 2.08. The second-order valence-corrected chi connectivity index (χ2v) is 0.585. The van der Waals surface area contributed by atoms with Crippen LogP contribution in [0.3, 0.4) is 0 Å². The molecule has 1 aliphatic heterocycles. The van der Waals surface area contributed by atoms with Crippen LogP contribution in [0.4, 0.5) is 0 Å². The maximum atomic E-state index is 3.36. The zero-order chi connectivity index (χ0) is 3.54. The van der Waals surface area contributed by atoms with E-state index in [2.05, 4.69) is 27.7 Å². The molecule has 1 radical (unpaired) electrons. The highest BCUT2D eigenvalue weighted by atomic mass is 16.0. The SMILES string of the molecule is [N]1NNNN1. The molecule has 0 aromatic heterocycles. The van der Waals surface area contributed by atoms with Gasteiger partial charge in [0.1, 0.15) is 0 Å². The van der Waals surface area contributed by atoms with Gasteiger partial charge < -0.3 is 0 Å². The van der Waals surface area contributed by atoms with Crippen molar-refractivity contribution in [2.45, 2.75) is 0 Å². The molecule has 0 spiro atoms. The Morgan fingerprint density at radius 1 is 1.00 bits per heavy atom. The number of hydrogen-bond acceptors (Lipinski definition) is 4. The lowest BCUT2D eigenvalue weighted by Crippen LogP contribution is -2.33. The minimum absolute atomic E-state index is 2.38. The Hall–Kier alpha value is -0.200. The normalized spacial score (nSPS) is 24.0. The lowest BCUT2D eigenvalue weighted by atomic mass is 12.4. The van der Waals surface area contributed by atoms with E-state index >= 15 is 0 Å². The van der Waals surface area contributed by atoms with Gasteiger partial charge in [0.05, 0.1) is 0 Å². The fourth-order valence-corrected chi connectivity index (χ4v) is 0.140. The number of hydrogen-bond donors (Lipinski definition) is 4. The molecule has 1 aliphatic rings. The van der Waals surface area contributed by atoms with Crippen LogP contribution in [0.25, 0.3) is 0 Å². The molecule has 0 aliphatic carbocycles. The van der Waals surface area contributed by atoms with E-state index in [1.54, 1.807) is 0 Å². The Morgan fingerprint density at radius 3 is 1.80 bits per heavy atom. The van der Waals surface area contributed by atoms with Crippen LogP contribution in [0.1, 0.15) is 0 Å². The van der Waals surface area contributed by atoms with Crippen molar-refractivity contribution in [3.05, 3.63) is 0 Å². The van der Waals surface area contributed by atoms with E-state index in [1.807, 2.05) is 0 Å². The summed E-state index contributed by atoms with van der Waals surface area (Å²) in [5, 5.41) is 0. The van der Waals surface area contributed by atoms with Crippen LogP contribution >= 0.6 is 0 Å². The van der Waals surface area contributed by atoms with Crippen LogP contribution in [0.15, 0.2) is 0 Å². The minimum Gasteiger partial charge on any atom is -0.163 e. The van der Waals surface area contributed by atoms with Gasteiger partial charge >= 0.3 is 0 Å². The molecule has 1 fully saturated rings. The third-order valence-corrected chi connectivity index (χ3v) is 0.286. The van der Waals surface area contributed by atoms with Crippen molar-refractivity contribution in [2.75, 3.05) is 0 Å². The molecule has 1 saturated heterocycles. The Labute approximate surface area is 29.0 Å². The monoisotopic (exact) mass is 74.0 g/mol. The highest BCUT2D eigenvalue weighted by Gasteiger charge is 1.87. The van der Waals surface area contributed by atoms with Gasteiger partial charge in [-0.1, -0.05) is 0 Å². The van der Waals surface area contributed by atoms with Crippen LogP contribution in [-0.2, 0) is 0 Å². The first-order chi connectivity index (χ1) is 2.50. The summed E-state index contributed by atoms with van der Waals surface area (Å²) in [7, 11) is 0. The molecule has 0 aromatic carbocycles. The molecule has 0 amide bonds. The zero-order valence-electron chi connectivity index (χ0n) is 2.45. The smallest absolute Gasteiger partial charge is 0.0472 e. The lowest BCUT2D eigenvalue weighted by Gasteiger charge is -1.77. The number of hydrazine groups is 3. The molecule has 5 nitrogen and oxygen atoms in total. The second kappa shape index (κ2) is 1.29. The van der Waals surface area contributed by atoms with Gasteiger partial charge in [-0.15, -0.1) is 11.1 Å². The Bertz CT molecular complexity index is 11.6. The minimum atomic E-state index is 2.38. The third-order valence-electron chi connectivity index (χ3n) is 0.286. The van der Waals surface area contributed by atoms with Gasteiger partial charge in [-0.05, 0) is 5.53 Å². The average molecular weight is 74.1 g/mol. The number of rotatable bonds is 0. The first-order valence-corrected chi connectivity index (χ1v) is 1.20. The van der Waals surface area contributed by atoms with Crippen LogP contribution in [-0.4, -0.2) is 0 Å². The van der Waals surface area contributed by atoms with Gasteiger partial charge in [0.25, 0.3) is 0 Å². The van der Waals surface area contributed by atoms with Crippen molar-refractivity contribution in [2.24, 2.45) is 0 Å². The van der Waals surface area contributed by atoms with Crippen molar-refractivity contribution < 1.29 is 0 Å². The van der Waals surface area contributed by atoms with Gasteiger partial charge in [-0.25, -0.2) is 0 Å². The quantitative estimate of drug-likeness (QED) is 0.257. The molecule has 4 N–H and O–H groups in total. The summed E-state index contributed by atoms with van der Waals surface area (Å²) in [5.74, 6) is 0. The molecule has 0 unspecified atom stereocenters. The topological polar surface area (TPSA) is 62.2 Å². The standard InChI is InChI=1S/H4N5/c1-2-4-5-3-1/h1-4H. The molecule has 29 valence electrons. The van der Waals surface area contributed by atoms with E-state index in [4.69, 9.17) is 0 Å². The number of nitrogens with zero attached hydrogens (tertiary/aromatic N) is 1. The molecule has 0 aromatic rings. The van der Waals surface area contributed by atoms with Crippen molar-refractivity contribution >= 4 is 0 Å². The first kappa shape index (κ1) is 3.01. The first-order valence-electron chi connectivity index (χ1n) is 1.20.